The van der Waals surface area contributed by atoms with Gasteiger partial charge in [-0.25, -0.2) is 4.79 Å². The van der Waals surface area contributed by atoms with Gasteiger partial charge < -0.3 is 9.64 Å². The summed E-state index contributed by atoms with van der Waals surface area (Å²) < 4.78 is 6.76. The Bertz CT molecular complexity index is 1040. The molecule has 0 radical (unpaired) electrons. The fourth-order valence-corrected chi connectivity index (χ4v) is 4.36. The standard InChI is InChI=1S/C23H22BrN3O3/c1-16-11-19(5-6-20(16)24)21(28)26-9-7-23(8-10-26)15-27(22(29)30-23)14-18-4-2-3-17(12-18)13-25/h2-6,11-12H,7-10,14-15H2,1H3. The summed E-state index contributed by atoms with van der Waals surface area (Å²) in [6.07, 6.45) is 0.907. The number of hydrogen-bond donors (Lipinski definition) is 0. The van der Waals surface area contributed by atoms with Gasteiger partial charge in [-0.3, -0.25) is 9.69 Å². The second-order valence-corrected chi connectivity index (χ2v) is 8.83. The molecule has 0 N–H and O–H groups in total. The molecule has 0 atom stereocenters. The third-order valence-corrected chi connectivity index (χ3v) is 6.73. The van der Waals surface area contributed by atoms with E-state index in [-0.39, 0.29) is 12.0 Å². The lowest BCUT2D eigenvalue weighted by Gasteiger charge is -2.37. The lowest BCUT2D eigenvalue weighted by Crippen LogP contribution is -2.48. The van der Waals surface area contributed by atoms with E-state index in [9.17, 15) is 9.59 Å². The van der Waals surface area contributed by atoms with Crippen molar-refractivity contribution in [2.24, 2.45) is 0 Å². The van der Waals surface area contributed by atoms with Gasteiger partial charge in [0.2, 0.25) is 0 Å². The number of carbonyl (C=O) groups excluding carboxylic acids is 2. The van der Waals surface area contributed by atoms with E-state index in [0.717, 1.165) is 15.6 Å². The molecule has 1 spiro atoms. The summed E-state index contributed by atoms with van der Waals surface area (Å²) in [5.74, 6) is 0.00921. The molecule has 7 heteroatoms. The quantitative estimate of drug-likeness (QED) is 0.675. The Morgan fingerprint density at radius 3 is 2.70 bits per heavy atom. The van der Waals surface area contributed by atoms with Crippen LogP contribution in [0.5, 0.6) is 0 Å². The van der Waals surface area contributed by atoms with Crippen LogP contribution in [0.4, 0.5) is 4.79 Å². The van der Waals surface area contributed by atoms with Crippen LogP contribution in [0.2, 0.25) is 0 Å². The molecule has 2 amide bonds. The molecule has 0 unspecified atom stereocenters. The molecule has 4 rings (SSSR count). The van der Waals surface area contributed by atoms with Crippen LogP contribution in [0.25, 0.3) is 0 Å². The molecule has 0 aliphatic carbocycles. The van der Waals surface area contributed by atoms with Crippen LogP contribution in [0.3, 0.4) is 0 Å². The van der Waals surface area contributed by atoms with Crippen molar-refractivity contribution in [1.82, 2.24) is 9.80 Å². The average Bonchev–Trinajstić information content (AvgIpc) is 3.04. The highest BCUT2D eigenvalue weighted by Crippen LogP contribution is 2.34. The van der Waals surface area contributed by atoms with Gasteiger partial charge in [0, 0.05) is 42.5 Å². The predicted octanol–water partition coefficient (Wildman–Crippen LogP) is 4.26. The molecule has 30 heavy (non-hydrogen) atoms. The van der Waals surface area contributed by atoms with Gasteiger partial charge in [-0.15, -0.1) is 0 Å². The number of aryl methyl sites for hydroxylation is 1. The molecular weight excluding hydrogens is 446 g/mol. The number of carbonyl (C=O) groups is 2. The minimum atomic E-state index is -0.545. The first-order valence-corrected chi connectivity index (χ1v) is 10.7. The lowest BCUT2D eigenvalue weighted by atomic mass is 9.91. The minimum absolute atomic E-state index is 0.00921. The molecule has 2 aliphatic rings. The fraction of sp³-hybridized carbons (Fsp3) is 0.348. The molecule has 2 fully saturated rings. The number of ether oxygens (including phenoxy) is 1. The van der Waals surface area contributed by atoms with Gasteiger partial charge in [0.25, 0.3) is 5.91 Å². The SMILES string of the molecule is Cc1cc(C(=O)N2CCC3(CC2)CN(Cc2cccc(C#N)c2)C(=O)O3)ccc1Br. The van der Waals surface area contributed by atoms with Crippen molar-refractivity contribution in [3.63, 3.8) is 0 Å². The largest absolute Gasteiger partial charge is 0.441 e. The first-order valence-electron chi connectivity index (χ1n) is 9.91. The maximum absolute atomic E-state index is 12.9. The number of benzene rings is 2. The zero-order valence-electron chi connectivity index (χ0n) is 16.7. The Kier molecular flexibility index (Phi) is 5.52. The molecule has 2 aromatic rings. The van der Waals surface area contributed by atoms with E-state index in [2.05, 4.69) is 22.0 Å². The number of rotatable bonds is 3. The van der Waals surface area contributed by atoms with E-state index in [1.165, 1.54) is 0 Å². The molecule has 2 heterocycles. The van der Waals surface area contributed by atoms with Crippen LogP contribution in [0.1, 0.15) is 39.9 Å². The minimum Gasteiger partial charge on any atom is -0.441 e. The van der Waals surface area contributed by atoms with Gasteiger partial charge in [0.1, 0.15) is 5.60 Å². The molecule has 154 valence electrons. The van der Waals surface area contributed by atoms with Crippen molar-refractivity contribution in [1.29, 1.82) is 5.26 Å². The smallest absolute Gasteiger partial charge is 0.410 e. The molecule has 0 aromatic heterocycles. The molecule has 6 nitrogen and oxygen atoms in total. The first kappa shape index (κ1) is 20.4. The van der Waals surface area contributed by atoms with Crippen molar-refractivity contribution < 1.29 is 14.3 Å². The molecule has 2 saturated heterocycles. The first-order chi connectivity index (χ1) is 14.4. The summed E-state index contributed by atoms with van der Waals surface area (Å²) in [6.45, 7) is 3.99. The number of likely N-dealkylation sites (tertiary alicyclic amines) is 1. The zero-order chi connectivity index (χ0) is 21.3. The van der Waals surface area contributed by atoms with Crippen molar-refractivity contribution in [2.75, 3.05) is 19.6 Å². The summed E-state index contributed by atoms with van der Waals surface area (Å²) >= 11 is 3.46. The van der Waals surface area contributed by atoms with Crippen LogP contribution >= 0.6 is 15.9 Å². The van der Waals surface area contributed by atoms with E-state index in [4.69, 9.17) is 10.00 Å². The van der Waals surface area contributed by atoms with Gasteiger partial charge in [-0.2, -0.15) is 5.26 Å². The second-order valence-electron chi connectivity index (χ2n) is 7.98. The van der Waals surface area contributed by atoms with Crippen LogP contribution in [0, 0.1) is 18.3 Å². The fourth-order valence-electron chi connectivity index (χ4n) is 4.11. The summed E-state index contributed by atoms with van der Waals surface area (Å²) in [5.41, 5.74) is 2.63. The Morgan fingerprint density at radius 1 is 1.23 bits per heavy atom. The lowest BCUT2D eigenvalue weighted by molar-refractivity contribution is 0.00312. The van der Waals surface area contributed by atoms with Gasteiger partial charge in [0.05, 0.1) is 18.2 Å². The number of hydrogen-bond acceptors (Lipinski definition) is 4. The number of piperidine rings is 1. The van der Waals surface area contributed by atoms with Crippen molar-refractivity contribution in [2.45, 2.75) is 31.9 Å². The van der Waals surface area contributed by atoms with Gasteiger partial charge >= 0.3 is 6.09 Å². The Labute approximate surface area is 184 Å². The highest BCUT2D eigenvalue weighted by Gasteiger charge is 2.47. The number of nitriles is 1. The van der Waals surface area contributed by atoms with Crippen LogP contribution in [0.15, 0.2) is 46.9 Å². The van der Waals surface area contributed by atoms with Gasteiger partial charge in [-0.05, 0) is 48.4 Å². The number of nitrogens with zero attached hydrogens (tertiary/aromatic N) is 3. The molecule has 0 saturated carbocycles. The summed E-state index contributed by atoms with van der Waals surface area (Å²) in [5, 5.41) is 9.06. The Balaban J connectivity index is 1.39. The average molecular weight is 468 g/mol. The van der Waals surface area contributed by atoms with Crippen LogP contribution in [-0.2, 0) is 11.3 Å². The second kappa shape index (κ2) is 8.11. The monoisotopic (exact) mass is 467 g/mol. The van der Waals surface area contributed by atoms with Crippen molar-refractivity contribution in [3.05, 3.63) is 69.2 Å². The zero-order valence-corrected chi connectivity index (χ0v) is 18.3. The summed E-state index contributed by atoms with van der Waals surface area (Å²) in [7, 11) is 0. The third kappa shape index (κ3) is 4.05. The highest BCUT2D eigenvalue weighted by atomic mass is 79.9. The van der Waals surface area contributed by atoms with Crippen LogP contribution in [-0.4, -0.2) is 47.0 Å². The number of halogens is 1. The Morgan fingerprint density at radius 2 is 2.00 bits per heavy atom. The maximum Gasteiger partial charge on any atom is 0.410 e. The van der Waals surface area contributed by atoms with E-state index < -0.39 is 5.60 Å². The normalized spacial score (nSPS) is 17.7. The summed E-state index contributed by atoms with van der Waals surface area (Å²) in [6, 6.07) is 15.0. The topological polar surface area (TPSA) is 73.6 Å². The van der Waals surface area contributed by atoms with Gasteiger partial charge in [-0.1, -0.05) is 28.1 Å². The van der Waals surface area contributed by atoms with Crippen LogP contribution < -0.4 is 0 Å². The van der Waals surface area contributed by atoms with Crippen molar-refractivity contribution >= 4 is 27.9 Å². The highest BCUT2D eigenvalue weighted by molar-refractivity contribution is 9.10. The van der Waals surface area contributed by atoms with Gasteiger partial charge in [0.15, 0.2) is 0 Å². The van der Waals surface area contributed by atoms with E-state index in [1.54, 1.807) is 17.0 Å². The Hall–Kier alpha value is -2.85. The third-order valence-electron chi connectivity index (χ3n) is 5.84. The molecular formula is C23H22BrN3O3. The number of amides is 2. The molecule has 2 aromatic carbocycles. The predicted molar refractivity (Wildman–Crippen MR) is 115 cm³/mol. The van der Waals surface area contributed by atoms with Crippen molar-refractivity contribution in [3.8, 4) is 6.07 Å². The van der Waals surface area contributed by atoms with E-state index in [0.29, 0.717) is 50.1 Å². The summed E-state index contributed by atoms with van der Waals surface area (Å²) in [4.78, 5) is 28.9. The van der Waals surface area contributed by atoms with E-state index in [1.807, 2.05) is 42.2 Å². The van der Waals surface area contributed by atoms with E-state index >= 15 is 0 Å². The maximum atomic E-state index is 12.9. The molecule has 0 bridgehead atoms. The molecule has 2 aliphatic heterocycles.